The van der Waals surface area contributed by atoms with Gasteiger partial charge in [0.1, 0.15) is 6.10 Å². The summed E-state index contributed by atoms with van der Waals surface area (Å²) in [6, 6.07) is 5.83. The molecule has 24 heavy (non-hydrogen) atoms. The van der Waals surface area contributed by atoms with Gasteiger partial charge in [-0.2, -0.15) is 0 Å². The van der Waals surface area contributed by atoms with Gasteiger partial charge in [0.15, 0.2) is 0 Å². The quantitative estimate of drug-likeness (QED) is 0.847. The first-order valence-electron chi connectivity index (χ1n) is 8.08. The number of carbonyl (C=O) groups is 3. The third-order valence-electron chi connectivity index (χ3n) is 4.53. The van der Waals surface area contributed by atoms with Crippen molar-refractivity contribution in [3.63, 3.8) is 0 Å². The van der Waals surface area contributed by atoms with Crippen molar-refractivity contribution in [2.75, 3.05) is 22.9 Å². The topological polar surface area (TPSA) is 79.0 Å². The van der Waals surface area contributed by atoms with E-state index in [1.807, 2.05) is 25.1 Å². The molecule has 0 bridgehead atoms. The summed E-state index contributed by atoms with van der Waals surface area (Å²) in [7, 11) is 0. The highest BCUT2D eigenvalue weighted by Gasteiger charge is 2.33. The Hall–Kier alpha value is -2.57. The van der Waals surface area contributed by atoms with E-state index in [2.05, 4.69) is 5.32 Å². The van der Waals surface area contributed by atoms with Crippen molar-refractivity contribution < 1.29 is 19.1 Å². The van der Waals surface area contributed by atoms with Gasteiger partial charge in [-0.1, -0.05) is 0 Å². The van der Waals surface area contributed by atoms with E-state index in [9.17, 15) is 14.4 Å². The molecule has 2 aliphatic heterocycles. The summed E-state index contributed by atoms with van der Waals surface area (Å²) in [6.45, 7) is 4.15. The van der Waals surface area contributed by atoms with Crippen LogP contribution in [0.5, 0.6) is 0 Å². The first-order chi connectivity index (χ1) is 11.5. The molecule has 0 spiro atoms. The largest absolute Gasteiger partial charge is 0.442 e. The predicted molar refractivity (Wildman–Crippen MR) is 89.1 cm³/mol. The van der Waals surface area contributed by atoms with Gasteiger partial charge in [0.05, 0.1) is 13.1 Å². The van der Waals surface area contributed by atoms with Crippen LogP contribution in [0.1, 0.15) is 25.8 Å². The fraction of sp³-hybridized carbons (Fsp3) is 0.471. The number of amides is 3. The molecule has 2 aliphatic rings. The Morgan fingerprint density at radius 2 is 2.25 bits per heavy atom. The van der Waals surface area contributed by atoms with E-state index in [0.29, 0.717) is 13.1 Å². The third kappa shape index (κ3) is 3.06. The molecule has 1 N–H and O–H groups in total. The average molecular weight is 331 g/mol. The molecule has 1 unspecified atom stereocenters. The second kappa shape index (κ2) is 6.51. The summed E-state index contributed by atoms with van der Waals surface area (Å²) in [5.74, 6) is -0.152. The van der Waals surface area contributed by atoms with Crippen LogP contribution in [0.25, 0.3) is 0 Å². The molecule has 1 fully saturated rings. The number of benzene rings is 1. The standard InChI is InChI=1S/C17H21N3O4/c1-11-3-4-13-7-14(5-6-16(13)20(11)10-21)19-9-15(24-17(19)23)8-18-12(2)22/h5-7,10-11,15H,3-4,8-9H2,1-2H3,(H,18,22)/t11?,15-/m0/s1. The zero-order chi connectivity index (χ0) is 17.3. The second-order valence-corrected chi connectivity index (χ2v) is 6.27. The maximum absolute atomic E-state index is 12.1. The van der Waals surface area contributed by atoms with E-state index in [1.54, 1.807) is 9.80 Å². The minimum Gasteiger partial charge on any atom is -0.442 e. The molecule has 128 valence electrons. The molecule has 3 rings (SSSR count). The van der Waals surface area contributed by atoms with E-state index in [-0.39, 0.29) is 18.1 Å². The lowest BCUT2D eigenvalue weighted by Crippen LogP contribution is -2.36. The lowest BCUT2D eigenvalue weighted by molar-refractivity contribution is -0.119. The Morgan fingerprint density at radius 1 is 1.46 bits per heavy atom. The molecule has 0 saturated carbocycles. The highest BCUT2D eigenvalue weighted by molar-refractivity contribution is 5.91. The van der Waals surface area contributed by atoms with Crippen molar-refractivity contribution in [1.29, 1.82) is 0 Å². The van der Waals surface area contributed by atoms with Crippen LogP contribution in [0.2, 0.25) is 0 Å². The van der Waals surface area contributed by atoms with Crippen LogP contribution in [0.4, 0.5) is 16.2 Å². The number of carbonyl (C=O) groups excluding carboxylic acids is 3. The number of nitrogens with zero attached hydrogens (tertiary/aromatic N) is 2. The Labute approximate surface area is 140 Å². The summed E-state index contributed by atoms with van der Waals surface area (Å²) in [4.78, 5) is 37.7. The van der Waals surface area contributed by atoms with Crippen LogP contribution in [-0.4, -0.2) is 43.6 Å². The Bertz CT molecular complexity index is 676. The lowest BCUT2D eigenvalue weighted by atomic mass is 9.96. The van der Waals surface area contributed by atoms with Crippen LogP contribution in [0.15, 0.2) is 18.2 Å². The molecule has 7 heteroatoms. The molecule has 2 atom stereocenters. The van der Waals surface area contributed by atoms with Crippen LogP contribution in [0, 0.1) is 0 Å². The molecule has 1 aromatic rings. The molecule has 2 heterocycles. The van der Waals surface area contributed by atoms with E-state index in [0.717, 1.165) is 36.2 Å². The van der Waals surface area contributed by atoms with Crippen molar-refractivity contribution in [3.05, 3.63) is 23.8 Å². The first-order valence-corrected chi connectivity index (χ1v) is 8.08. The van der Waals surface area contributed by atoms with Gasteiger partial charge in [0.2, 0.25) is 12.3 Å². The van der Waals surface area contributed by atoms with E-state index in [4.69, 9.17) is 4.74 Å². The SMILES string of the molecule is CC(=O)NC[C@H]1CN(c2ccc3c(c2)CCC(C)N3C=O)C(=O)O1. The molecule has 1 saturated heterocycles. The van der Waals surface area contributed by atoms with Gasteiger partial charge < -0.3 is 15.0 Å². The fourth-order valence-electron chi connectivity index (χ4n) is 3.19. The molecule has 7 nitrogen and oxygen atoms in total. The Morgan fingerprint density at radius 3 is 2.96 bits per heavy atom. The zero-order valence-electron chi connectivity index (χ0n) is 13.8. The number of fused-ring (bicyclic) bond motifs is 1. The maximum atomic E-state index is 12.1. The number of anilines is 2. The lowest BCUT2D eigenvalue weighted by Gasteiger charge is -2.32. The molecule has 0 radical (unpaired) electrons. The summed E-state index contributed by atoms with van der Waals surface area (Å²) in [5, 5.41) is 2.66. The van der Waals surface area contributed by atoms with Crippen molar-refractivity contribution in [2.24, 2.45) is 0 Å². The second-order valence-electron chi connectivity index (χ2n) is 6.27. The minimum absolute atomic E-state index is 0.152. The van der Waals surface area contributed by atoms with Gasteiger partial charge in [-0.25, -0.2) is 4.79 Å². The van der Waals surface area contributed by atoms with Crippen LogP contribution in [0.3, 0.4) is 0 Å². The number of hydrogen-bond acceptors (Lipinski definition) is 4. The predicted octanol–water partition coefficient (Wildman–Crippen LogP) is 1.45. The molecular formula is C17H21N3O4. The van der Waals surface area contributed by atoms with E-state index in [1.165, 1.54) is 6.92 Å². The molecule has 1 aromatic carbocycles. The van der Waals surface area contributed by atoms with Gasteiger partial charge in [0, 0.05) is 24.3 Å². The molecular weight excluding hydrogens is 310 g/mol. The number of aryl methyl sites for hydroxylation is 1. The Balaban J connectivity index is 1.77. The van der Waals surface area contributed by atoms with Crippen LogP contribution >= 0.6 is 0 Å². The minimum atomic E-state index is -0.415. The van der Waals surface area contributed by atoms with Crippen LogP contribution < -0.4 is 15.1 Å². The van der Waals surface area contributed by atoms with Gasteiger partial charge in [0.25, 0.3) is 0 Å². The fourth-order valence-corrected chi connectivity index (χ4v) is 3.19. The zero-order valence-corrected chi connectivity index (χ0v) is 13.8. The van der Waals surface area contributed by atoms with Crippen molar-refractivity contribution >= 4 is 29.8 Å². The normalized spacial score (nSPS) is 22.8. The van der Waals surface area contributed by atoms with Gasteiger partial charge in [-0.3, -0.25) is 14.5 Å². The van der Waals surface area contributed by atoms with Gasteiger partial charge in [-0.15, -0.1) is 0 Å². The highest BCUT2D eigenvalue weighted by Crippen LogP contribution is 2.33. The number of ether oxygens (including phenoxy) is 1. The third-order valence-corrected chi connectivity index (χ3v) is 4.53. The molecule has 0 aliphatic carbocycles. The maximum Gasteiger partial charge on any atom is 0.414 e. The highest BCUT2D eigenvalue weighted by atomic mass is 16.6. The van der Waals surface area contributed by atoms with Gasteiger partial charge in [-0.05, 0) is 43.5 Å². The number of hydrogen-bond donors (Lipinski definition) is 1. The van der Waals surface area contributed by atoms with Crippen molar-refractivity contribution in [1.82, 2.24) is 5.32 Å². The van der Waals surface area contributed by atoms with E-state index < -0.39 is 6.09 Å². The van der Waals surface area contributed by atoms with E-state index >= 15 is 0 Å². The number of cyclic esters (lactones) is 1. The van der Waals surface area contributed by atoms with Crippen LogP contribution in [-0.2, 0) is 20.7 Å². The van der Waals surface area contributed by atoms with Crippen molar-refractivity contribution in [2.45, 2.75) is 38.8 Å². The smallest absolute Gasteiger partial charge is 0.414 e. The Kier molecular flexibility index (Phi) is 4.42. The summed E-state index contributed by atoms with van der Waals surface area (Å²) < 4.78 is 5.29. The average Bonchev–Trinajstić information content (AvgIpc) is 2.93. The number of rotatable bonds is 4. The molecule has 3 amide bonds. The monoisotopic (exact) mass is 331 g/mol. The van der Waals surface area contributed by atoms with Crippen molar-refractivity contribution in [3.8, 4) is 0 Å². The number of nitrogens with one attached hydrogen (secondary N) is 1. The summed E-state index contributed by atoms with van der Waals surface area (Å²) >= 11 is 0. The van der Waals surface area contributed by atoms with Gasteiger partial charge >= 0.3 is 6.09 Å². The molecule has 0 aromatic heterocycles. The summed E-state index contributed by atoms with van der Waals surface area (Å²) in [6.07, 6.45) is 1.85. The summed E-state index contributed by atoms with van der Waals surface area (Å²) in [5.41, 5.74) is 2.70. The first kappa shape index (κ1) is 16.3.